The van der Waals surface area contributed by atoms with Gasteiger partial charge in [0.25, 0.3) is 0 Å². The number of rotatable bonds is 7. The third-order valence-electron chi connectivity index (χ3n) is 5.22. The zero-order valence-electron chi connectivity index (χ0n) is 18.1. The SMILES string of the molecule is CCC1=CC(/C(=N\O)c2cc(OC)c(OC)c(OC)c2)=CN(c2ccccc2C)C1. The molecular formula is C24H28N2O4. The van der Waals surface area contributed by atoms with Gasteiger partial charge in [0.1, 0.15) is 5.71 Å². The van der Waals surface area contributed by atoms with Crippen LogP contribution in [0.5, 0.6) is 17.2 Å². The number of hydrogen-bond donors (Lipinski definition) is 1. The number of oxime groups is 1. The van der Waals surface area contributed by atoms with Gasteiger partial charge in [-0.3, -0.25) is 0 Å². The first-order valence-electron chi connectivity index (χ1n) is 9.82. The maximum atomic E-state index is 9.94. The molecule has 1 N–H and O–H groups in total. The van der Waals surface area contributed by atoms with Crippen LogP contribution >= 0.6 is 0 Å². The van der Waals surface area contributed by atoms with Gasteiger partial charge in [-0.05, 0) is 37.1 Å². The summed E-state index contributed by atoms with van der Waals surface area (Å²) in [7, 11) is 4.68. The van der Waals surface area contributed by atoms with E-state index in [0.717, 1.165) is 24.2 Å². The van der Waals surface area contributed by atoms with E-state index in [4.69, 9.17) is 14.2 Å². The molecule has 0 fully saturated rings. The Morgan fingerprint density at radius 3 is 2.27 bits per heavy atom. The van der Waals surface area contributed by atoms with Gasteiger partial charge in [-0.25, -0.2) is 0 Å². The monoisotopic (exact) mass is 408 g/mol. The van der Waals surface area contributed by atoms with Crippen LogP contribution in [0.4, 0.5) is 5.69 Å². The Balaban J connectivity index is 2.11. The van der Waals surface area contributed by atoms with Crippen LogP contribution in [0.1, 0.15) is 24.5 Å². The number of nitrogens with zero attached hydrogens (tertiary/aromatic N) is 2. The molecule has 0 radical (unpaired) electrons. The predicted octanol–water partition coefficient (Wildman–Crippen LogP) is 4.94. The summed E-state index contributed by atoms with van der Waals surface area (Å²) in [5, 5.41) is 13.6. The van der Waals surface area contributed by atoms with Crippen molar-refractivity contribution < 1.29 is 19.4 Å². The minimum atomic E-state index is 0.429. The minimum Gasteiger partial charge on any atom is -0.493 e. The molecule has 0 atom stereocenters. The lowest BCUT2D eigenvalue weighted by Gasteiger charge is -2.28. The summed E-state index contributed by atoms with van der Waals surface area (Å²) in [6.45, 7) is 5.01. The summed E-state index contributed by atoms with van der Waals surface area (Å²) in [4.78, 5) is 2.19. The van der Waals surface area contributed by atoms with Crippen molar-refractivity contribution in [2.75, 3.05) is 32.8 Å². The van der Waals surface area contributed by atoms with Gasteiger partial charge in [0.2, 0.25) is 5.75 Å². The summed E-state index contributed by atoms with van der Waals surface area (Å²) in [6, 6.07) is 11.8. The van der Waals surface area contributed by atoms with Crippen LogP contribution < -0.4 is 19.1 Å². The maximum absolute atomic E-state index is 9.94. The van der Waals surface area contributed by atoms with Crippen LogP contribution in [0.15, 0.2) is 65.0 Å². The van der Waals surface area contributed by atoms with Gasteiger partial charge < -0.3 is 24.3 Å². The molecule has 0 amide bonds. The third-order valence-corrected chi connectivity index (χ3v) is 5.22. The van der Waals surface area contributed by atoms with Gasteiger partial charge in [-0.15, -0.1) is 0 Å². The third kappa shape index (κ3) is 4.13. The Morgan fingerprint density at radius 2 is 1.73 bits per heavy atom. The summed E-state index contributed by atoms with van der Waals surface area (Å²) in [5.74, 6) is 1.49. The van der Waals surface area contributed by atoms with Crippen molar-refractivity contribution >= 4 is 11.4 Å². The van der Waals surface area contributed by atoms with Crippen LogP contribution in [0.2, 0.25) is 0 Å². The zero-order valence-corrected chi connectivity index (χ0v) is 18.1. The van der Waals surface area contributed by atoms with E-state index in [2.05, 4.69) is 42.1 Å². The van der Waals surface area contributed by atoms with E-state index >= 15 is 0 Å². The lowest BCUT2D eigenvalue weighted by atomic mass is 9.96. The fraction of sp³-hybridized carbons (Fsp3) is 0.292. The van der Waals surface area contributed by atoms with Crippen molar-refractivity contribution in [2.45, 2.75) is 20.3 Å². The molecule has 0 aliphatic carbocycles. The fourth-order valence-electron chi connectivity index (χ4n) is 3.62. The molecule has 0 saturated heterocycles. The number of benzene rings is 2. The highest BCUT2D eigenvalue weighted by Crippen LogP contribution is 2.39. The first kappa shape index (κ1) is 21.3. The zero-order chi connectivity index (χ0) is 21.7. The van der Waals surface area contributed by atoms with Gasteiger partial charge in [0, 0.05) is 29.6 Å². The molecule has 1 heterocycles. The molecule has 1 aliphatic heterocycles. The molecule has 2 aromatic rings. The highest BCUT2D eigenvalue weighted by atomic mass is 16.5. The molecule has 2 aromatic carbocycles. The lowest BCUT2D eigenvalue weighted by Crippen LogP contribution is -2.25. The molecule has 0 aromatic heterocycles. The molecule has 0 spiro atoms. The quantitative estimate of drug-likeness (QED) is 0.399. The van der Waals surface area contributed by atoms with E-state index in [-0.39, 0.29) is 0 Å². The molecule has 0 bridgehead atoms. The molecule has 0 unspecified atom stereocenters. The highest BCUT2D eigenvalue weighted by molar-refractivity contribution is 6.15. The second-order valence-corrected chi connectivity index (χ2v) is 7.02. The Kier molecular flexibility index (Phi) is 6.67. The maximum Gasteiger partial charge on any atom is 0.203 e. The number of aryl methyl sites for hydroxylation is 1. The smallest absolute Gasteiger partial charge is 0.203 e. The van der Waals surface area contributed by atoms with Crippen molar-refractivity contribution in [2.24, 2.45) is 5.16 Å². The molecule has 158 valence electrons. The number of ether oxygens (including phenoxy) is 3. The van der Waals surface area contributed by atoms with Crippen LogP contribution in [-0.4, -0.2) is 38.8 Å². The van der Waals surface area contributed by atoms with E-state index in [1.807, 2.05) is 18.3 Å². The number of hydrogen-bond acceptors (Lipinski definition) is 6. The molecule has 6 heteroatoms. The van der Waals surface area contributed by atoms with Crippen molar-refractivity contribution in [1.29, 1.82) is 0 Å². The van der Waals surface area contributed by atoms with E-state index < -0.39 is 0 Å². The van der Waals surface area contributed by atoms with Gasteiger partial charge >= 0.3 is 0 Å². The lowest BCUT2D eigenvalue weighted by molar-refractivity contribution is 0.318. The summed E-state index contributed by atoms with van der Waals surface area (Å²) in [5.41, 5.74) is 5.44. The van der Waals surface area contributed by atoms with E-state index in [1.54, 1.807) is 33.5 Å². The Labute approximate surface area is 177 Å². The molecule has 3 rings (SSSR count). The van der Waals surface area contributed by atoms with Gasteiger partial charge in [0.05, 0.1) is 21.3 Å². The summed E-state index contributed by atoms with van der Waals surface area (Å²) in [6.07, 6.45) is 4.99. The number of para-hydroxylation sites is 1. The van der Waals surface area contributed by atoms with Crippen LogP contribution in [0, 0.1) is 6.92 Å². The first-order chi connectivity index (χ1) is 14.6. The minimum absolute atomic E-state index is 0.429. The van der Waals surface area contributed by atoms with Crippen molar-refractivity contribution in [3.05, 3.63) is 70.9 Å². The second kappa shape index (κ2) is 9.39. The van der Waals surface area contributed by atoms with Gasteiger partial charge in [-0.1, -0.05) is 41.9 Å². The Morgan fingerprint density at radius 1 is 1.07 bits per heavy atom. The summed E-state index contributed by atoms with van der Waals surface area (Å²) >= 11 is 0. The number of methoxy groups -OCH3 is 3. The van der Waals surface area contributed by atoms with Crippen LogP contribution in [0.25, 0.3) is 0 Å². The standard InChI is InChI=1S/C24H28N2O4/c1-6-17-11-19(15-26(14-17)20-10-8-7-9-16(20)2)23(25-27)18-12-21(28-3)24(30-5)22(13-18)29-4/h7-13,15,27H,6,14H2,1-5H3/b25-23-. The normalized spacial score (nSPS) is 14.2. The summed E-state index contributed by atoms with van der Waals surface area (Å²) < 4.78 is 16.3. The molecule has 6 nitrogen and oxygen atoms in total. The number of anilines is 1. The van der Waals surface area contributed by atoms with Gasteiger partial charge in [0.15, 0.2) is 11.5 Å². The molecular weight excluding hydrogens is 380 g/mol. The molecule has 0 saturated carbocycles. The van der Waals surface area contributed by atoms with Crippen molar-refractivity contribution in [1.82, 2.24) is 0 Å². The average molecular weight is 408 g/mol. The van der Waals surface area contributed by atoms with Crippen LogP contribution in [0.3, 0.4) is 0 Å². The van der Waals surface area contributed by atoms with E-state index in [0.29, 0.717) is 28.5 Å². The number of allylic oxidation sites excluding steroid dienone is 2. The van der Waals surface area contributed by atoms with Gasteiger partial charge in [-0.2, -0.15) is 0 Å². The Hall–Kier alpha value is -3.41. The Bertz CT molecular complexity index is 983. The highest BCUT2D eigenvalue weighted by Gasteiger charge is 2.22. The van der Waals surface area contributed by atoms with E-state index in [9.17, 15) is 5.21 Å². The molecule has 1 aliphatic rings. The van der Waals surface area contributed by atoms with Crippen molar-refractivity contribution in [3.63, 3.8) is 0 Å². The van der Waals surface area contributed by atoms with E-state index in [1.165, 1.54) is 11.1 Å². The van der Waals surface area contributed by atoms with Crippen molar-refractivity contribution in [3.8, 4) is 17.2 Å². The fourth-order valence-corrected chi connectivity index (χ4v) is 3.62. The second-order valence-electron chi connectivity index (χ2n) is 7.02. The topological polar surface area (TPSA) is 63.5 Å². The predicted molar refractivity (Wildman–Crippen MR) is 119 cm³/mol. The first-order valence-corrected chi connectivity index (χ1v) is 9.82. The van der Waals surface area contributed by atoms with Crippen LogP contribution in [-0.2, 0) is 0 Å². The average Bonchev–Trinajstić information content (AvgIpc) is 2.78. The largest absolute Gasteiger partial charge is 0.493 e. The molecule has 30 heavy (non-hydrogen) atoms.